The van der Waals surface area contributed by atoms with Crippen LogP contribution in [0.15, 0.2) is 48.5 Å². The zero-order chi connectivity index (χ0) is 14.4. The fourth-order valence-corrected chi connectivity index (χ4v) is 2.04. The van der Waals surface area contributed by atoms with Gasteiger partial charge in [-0.3, -0.25) is 4.79 Å². The van der Waals surface area contributed by atoms with Gasteiger partial charge in [0, 0.05) is 12.8 Å². The Morgan fingerprint density at radius 3 is 2.15 bits per heavy atom. The number of benzene rings is 2. The lowest BCUT2D eigenvalue weighted by Gasteiger charge is -2.05. The summed E-state index contributed by atoms with van der Waals surface area (Å²) >= 11 is 0. The highest BCUT2D eigenvalue weighted by Gasteiger charge is 2.06. The Morgan fingerprint density at radius 1 is 0.850 bits per heavy atom. The number of methoxy groups -OCH3 is 2. The third kappa shape index (κ3) is 3.85. The molecule has 0 radical (unpaired) electrons. The molecule has 0 heterocycles. The lowest BCUT2D eigenvalue weighted by Crippen LogP contribution is -2.06. The normalized spacial score (nSPS) is 10.1. The first-order valence-corrected chi connectivity index (χ1v) is 6.49. The van der Waals surface area contributed by atoms with E-state index in [9.17, 15) is 4.79 Å². The predicted octanol–water partition coefficient (Wildman–Crippen LogP) is 3.06. The first-order chi connectivity index (χ1) is 9.71. The van der Waals surface area contributed by atoms with E-state index in [1.807, 2.05) is 48.5 Å². The van der Waals surface area contributed by atoms with Gasteiger partial charge in [0.2, 0.25) is 0 Å². The quantitative estimate of drug-likeness (QED) is 0.809. The van der Waals surface area contributed by atoms with Gasteiger partial charge in [-0.15, -0.1) is 0 Å². The van der Waals surface area contributed by atoms with E-state index < -0.39 is 0 Å². The van der Waals surface area contributed by atoms with E-state index in [-0.39, 0.29) is 5.78 Å². The van der Waals surface area contributed by atoms with Gasteiger partial charge in [0.25, 0.3) is 0 Å². The second-order valence-corrected chi connectivity index (χ2v) is 4.59. The van der Waals surface area contributed by atoms with Crippen molar-refractivity contribution in [1.82, 2.24) is 0 Å². The Morgan fingerprint density at radius 2 is 1.50 bits per heavy atom. The van der Waals surface area contributed by atoms with Crippen molar-refractivity contribution >= 4 is 5.78 Å². The second-order valence-electron chi connectivity index (χ2n) is 4.59. The van der Waals surface area contributed by atoms with Crippen molar-refractivity contribution in [3.8, 4) is 11.5 Å². The molecule has 0 atom stereocenters. The summed E-state index contributed by atoms with van der Waals surface area (Å²) in [5.41, 5.74) is 1.97. The smallest absolute Gasteiger partial charge is 0.141 e. The Hall–Kier alpha value is -2.29. The minimum Gasteiger partial charge on any atom is -0.497 e. The summed E-state index contributed by atoms with van der Waals surface area (Å²) in [6.45, 7) is 0. The maximum absolute atomic E-state index is 12.1. The van der Waals surface area contributed by atoms with E-state index >= 15 is 0 Å². The molecule has 3 heteroatoms. The number of carbonyl (C=O) groups excluding carboxylic acids is 1. The van der Waals surface area contributed by atoms with Crippen molar-refractivity contribution in [2.24, 2.45) is 0 Å². The SMILES string of the molecule is COc1ccc(CC(=O)Cc2cccc(OC)c2)cc1. The van der Waals surface area contributed by atoms with E-state index in [0.29, 0.717) is 12.8 Å². The highest BCUT2D eigenvalue weighted by atomic mass is 16.5. The lowest BCUT2D eigenvalue weighted by atomic mass is 10.0. The first-order valence-electron chi connectivity index (χ1n) is 6.49. The van der Waals surface area contributed by atoms with Crippen molar-refractivity contribution in [2.75, 3.05) is 14.2 Å². The fourth-order valence-electron chi connectivity index (χ4n) is 2.04. The molecule has 104 valence electrons. The van der Waals surface area contributed by atoms with Crippen LogP contribution in [-0.4, -0.2) is 20.0 Å². The Bertz CT molecular complexity index is 573. The second kappa shape index (κ2) is 6.75. The molecule has 0 saturated carbocycles. The molecule has 0 N–H and O–H groups in total. The van der Waals surface area contributed by atoms with Gasteiger partial charge in [-0.2, -0.15) is 0 Å². The highest BCUT2D eigenvalue weighted by Crippen LogP contribution is 2.15. The largest absolute Gasteiger partial charge is 0.497 e. The molecule has 0 amide bonds. The monoisotopic (exact) mass is 270 g/mol. The van der Waals surface area contributed by atoms with Crippen LogP contribution in [-0.2, 0) is 17.6 Å². The topological polar surface area (TPSA) is 35.5 Å². The first kappa shape index (κ1) is 14.1. The van der Waals surface area contributed by atoms with Crippen molar-refractivity contribution in [2.45, 2.75) is 12.8 Å². The summed E-state index contributed by atoms with van der Waals surface area (Å²) in [4.78, 5) is 12.1. The average molecular weight is 270 g/mol. The van der Waals surface area contributed by atoms with E-state index in [4.69, 9.17) is 9.47 Å². The number of ether oxygens (including phenoxy) is 2. The summed E-state index contributed by atoms with van der Waals surface area (Å²) in [5, 5.41) is 0. The zero-order valence-electron chi connectivity index (χ0n) is 11.8. The molecule has 0 bridgehead atoms. The minimum atomic E-state index is 0.184. The summed E-state index contributed by atoms with van der Waals surface area (Å²) in [7, 11) is 3.25. The minimum absolute atomic E-state index is 0.184. The van der Waals surface area contributed by atoms with Crippen LogP contribution in [0.2, 0.25) is 0 Å². The molecule has 2 aromatic rings. The van der Waals surface area contributed by atoms with E-state index in [2.05, 4.69) is 0 Å². The standard InChI is InChI=1S/C17H18O3/c1-19-16-8-6-13(7-9-16)10-15(18)11-14-4-3-5-17(12-14)20-2/h3-9,12H,10-11H2,1-2H3. The summed E-state index contributed by atoms with van der Waals surface area (Å²) in [6, 6.07) is 15.2. The molecule has 0 aliphatic carbocycles. The van der Waals surface area contributed by atoms with Crippen LogP contribution in [0, 0.1) is 0 Å². The number of carbonyl (C=O) groups is 1. The number of hydrogen-bond donors (Lipinski definition) is 0. The van der Waals surface area contributed by atoms with Crippen LogP contribution in [0.4, 0.5) is 0 Å². The molecular formula is C17H18O3. The molecule has 3 nitrogen and oxygen atoms in total. The Kier molecular flexibility index (Phi) is 4.77. The number of rotatable bonds is 6. The maximum Gasteiger partial charge on any atom is 0.141 e. The van der Waals surface area contributed by atoms with Crippen molar-refractivity contribution in [3.05, 3.63) is 59.7 Å². The Labute approximate surface area is 119 Å². The fraction of sp³-hybridized carbons (Fsp3) is 0.235. The van der Waals surface area contributed by atoms with E-state index in [0.717, 1.165) is 22.6 Å². The molecule has 2 rings (SSSR count). The van der Waals surface area contributed by atoms with Crippen LogP contribution >= 0.6 is 0 Å². The van der Waals surface area contributed by atoms with Crippen LogP contribution in [0.5, 0.6) is 11.5 Å². The molecule has 0 aliphatic heterocycles. The van der Waals surface area contributed by atoms with Crippen molar-refractivity contribution in [1.29, 1.82) is 0 Å². The predicted molar refractivity (Wildman–Crippen MR) is 78.4 cm³/mol. The molecule has 0 unspecified atom stereocenters. The van der Waals surface area contributed by atoms with Gasteiger partial charge in [0.15, 0.2) is 0 Å². The van der Waals surface area contributed by atoms with Gasteiger partial charge in [-0.25, -0.2) is 0 Å². The van der Waals surface area contributed by atoms with Crippen LogP contribution < -0.4 is 9.47 Å². The highest BCUT2D eigenvalue weighted by molar-refractivity contribution is 5.83. The molecule has 0 fully saturated rings. The zero-order valence-corrected chi connectivity index (χ0v) is 11.8. The van der Waals surface area contributed by atoms with E-state index in [1.165, 1.54) is 0 Å². The van der Waals surface area contributed by atoms with Crippen LogP contribution in [0.1, 0.15) is 11.1 Å². The molecular weight excluding hydrogens is 252 g/mol. The summed E-state index contributed by atoms with van der Waals surface area (Å²) in [6.07, 6.45) is 0.852. The Balaban J connectivity index is 1.97. The van der Waals surface area contributed by atoms with Gasteiger partial charge in [0.1, 0.15) is 17.3 Å². The van der Waals surface area contributed by atoms with Crippen molar-refractivity contribution in [3.63, 3.8) is 0 Å². The van der Waals surface area contributed by atoms with Crippen LogP contribution in [0.25, 0.3) is 0 Å². The van der Waals surface area contributed by atoms with E-state index in [1.54, 1.807) is 14.2 Å². The van der Waals surface area contributed by atoms with Gasteiger partial charge < -0.3 is 9.47 Å². The van der Waals surface area contributed by atoms with Crippen LogP contribution in [0.3, 0.4) is 0 Å². The molecule has 0 spiro atoms. The molecule has 0 aromatic heterocycles. The van der Waals surface area contributed by atoms with Crippen molar-refractivity contribution < 1.29 is 14.3 Å². The third-order valence-corrected chi connectivity index (χ3v) is 3.10. The number of ketones is 1. The molecule has 0 aliphatic rings. The summed E-state index contributed by atoms with van der Waals surface area (Å²) < 4.78 is 10.3. The average Bonchev–Trinajstić information content (AvgIpc) is 2.48. The number of Topliss-reactive ketones (excluding diaryl/α,β-unsaturated/α-hetero) is 1. The van der Waals surface area contributed by atoms with Gasteiger partial charge in [-0.05, 0) is 35.4 Å². The van der Waals surface area contributed by atoms with Gasteiger partial charge in [0.05, 0.1) is 14.2 Å². The molecule has 2 aromatic carbocycles. The summed E-state index contributed by atoms with van der Waals surface area (Å²) in [5.74, 6) is 1.76. The van der Waals surface area contributed by atoms with Gasteiger partial charge >= 0.3 is 0 Å². The lowest BCUT2D eigenvalue weighted by molar-refractivity contribution is -0.117. The van der Waals surface area contributed by atoms with Gasteiger partial charge in [-0.1, -0.05) is 24.3 Å². The number of hydrogen-bond acceptors (Lipinski definition) is 3. The molecule has 0 saturated heterocycles. The molecule has 20 heavy (non-hydrogen) atoms. The maximum atomic E-state index is 12.1. The third-order valence-electron chi connectivity index (χ3n) is 3.10.